The third-order valence-electron chi connectivity index (χ3n) is 4.12. The molecule has 4 heteroatoms. The van der Waals surface area contributed by atoms with Crippen LogP contribution in [0.2, 0.25) is 0 Å². The minimum Gasteiger partial charge on any atom is -0.381 e. The molecule has 2 fully saturated rings. The summed E-state index contributed by atoms with van der Waals surface area (Å²) in [6, 6.07) is 0.448. The summed E-state index contributed by atoms with van der Waals surface area (Å²) in [5.41, 5.74) is 0. The molecule has 2 heterocycles. The lowest BCUT2D eigenvalue weighted by molar-refractivity contribution is -0.133. The van der Waals surface area contributed by atoms with Gasteiger partial charge in [-0.1, -0.05) is 6.92 Å². The standard InChI is InChI=1S/C13H24N2O2/c1-3-12-11-8-14-7-10(11)9-15(12)13(16)5-6-17-4-2/h10-12,14H,3-9H2,1-2H3. The van der Waals surface area contributed by atoms with E-state index in [9.17, 15) is 4.79 Å². The van der Waals surface area contributed by atoms with Gasteiger partial charge in [-0.15, -0.1) is 0 Å². The van der Waals surface area contributed by atoms with Crippen LogP contribution in [0.15, 0.2) is 0 Å². The van der Waals surface area contributed by atoms with Crippen LogP contribution >= 0.6 is 0 Å². The molecule has 1 amide bonds. The number of amides is 1. The summed E-state index contributed by atoms with van der Waals surface area (Å²) in [6.45, 7) is 8.52. The second-order valence-corrected chi connectivity index (χ2v) is 5.05. The van der Waals surface area contributed by atoms with Gasteiger partial charge in [0.05, 0.1) is 13.0 Å². The molecule has 17 heavy (non-hydrogen) atoms. The van der Waals surface area contributed by atoms with Crippen LogP contribution in [0.4, 0.5) is 0 Å². The van der Waals surface area contributed by atoms with Crippen LogP contribution in [0.5, 0.6) is 0 Å². The third kappa shape index (κ3) is 2.63. The average Bonchev–Trinajstić information content (AvgIpc) is 2.88. The van der Waals surface area contributed by atoms with E-state index < -0.39 is 0 Å². The van der Waals surface area contributed by atoms with Crippen LogP contribution in [0.1, 0.15) is 26.7 Å². The first-order chi connectivity index (χ1) is 8.27. The number of hydrogen-bond acceptors (Lipinski definition) is 3. The zero-order chi connectivity index (χ0) is 12.3. The number of carbonyl (C=O) groups is 1. The van der Waals surface area contributed by atoms with Crippen molar-refractivity contribution in [3.63, 3.8) is 0 Å². The molecule has 0 spiro atoms. The van der Waals surface area contributed by atoms with Gasteiger partial charge >= 0.3 is 0 Å². The molecule has 2 aliphatic rings. The number of carbonyl (C=O) groups excluding carboxylic acids is 1. The second kappa shape index (κ2) is 5.83. The molecule has 0 aromatic carbocycles. The van der Waals surface area contributed by atoms with Crippen LogP contribution in [0, 0.1) is 11.8 Å². The molecule has 98 valence electrons. The lowest BCUT2D eigenvalue weighted by Gasteiger charge is -2.27. The lowest BCUT2D eigenvalue weighted by Crippen LogP contribution is -2.39. The average molecular weight is 240 g/mol. The Kier molecular flexibility index (Phi) is 4.40. The molecule has 0 radical (unpaired) electrons. The van der Waals surface area contributed by atoms with Crippen LogP contribution in [0.3, 0.4) is 0 Å². The Bertz CT molecular complexity index is 270. The summed E-state index contributed by atoms with van der Waals surface area (Å²) in [5, 5.41) is 3.44. The molecule has 2 saturated heterocycles. The normalized spacial score (nSPS) is 31.9. The fourth-order valence-electron chi connectivity index (χ4n) is 3.28. The highest BCUT2D eigenvalue weighted by Gasteiger charge is 2.44. The maximum atomic E-state index is 12.1. The Hall–Kier alpha value is -0.610. The number of ether oxygens (including phenoxy) is 1. The van der Waals surface area contributed by atoms with E-state index in [1.54, 1.807) is 0 Å². The molecule has 0 aliphatic carbocycles. The monoisotopic (exact) mass is 240 g/mol. The minimum absolute atomic E-state index is 0.278. The van der Waals surface area contributed by atoms with Gasteiger partial charge in [-0.2, -0.15) is 0 Å². The molecule has 0 bridgehead atoms. The van der Waals surface area contributed by atoms with E-state index in [4.69, 9.17) is 4.74 Å². The quantitative estimate of drug-likeness (QED) is 0.725. The highest BCUT2D eigenvalue weighted by Crippen LogP contribution is 2.34. The van der Waals surface area contributed by atoms with Gasteiger partial charge < -0.3 is 15.0 Å². The molecule has 4 nitrogen and oxygen atoms in total. The van der Waals surface area contributed by atoms with Crippen molar-refractivity contribution < 1.29 is 9.53 Å². The van der Waals surface area contributed by atoms with Crippen molar-refractivity contribution in [2.45, 2.75) is 32.7 Å². The Labute approximate surface area is 104 Å². The second-order valence-electron chi connectivity index (χ2n) is 5.05. The maximum absolute atomic E-state index is 12.1. The molecular formula is C13H24N2O2. The molecule has 3 atom stereocenters. The SMILES string of the molecule is CCOCCC(=O)N1CC2CNCC2C1CC. The fourth-order valence-corrected chi connectivity index (χ4v) is 3.28. The summed E-state index contributed by atoms with van der Waals surface area (Å²) in [6.07, 6.45) is 1.61. The molecule has 1 N–H and O–H groups in total. The van der Waals surface area contributed by atoms with E-state index in [-0.39, 0.29) is 5.91 Å². The van der Waals surface area contributed by atoms with Gasteiger partial charge in [0.2, 0.25) is 5.91 Å². The number of hydrogen-bond donors (Lipinski definition) is 1. The maximum Gasteiger partial charge on any atom is 0.225 e. The first-order valence-corrected chi connectivity index (χ1v) is 6.85. The first kappa shape index (κ1) is 12.8. The Morgan fingerprint density at radius 3 is 2.94 bits per heavy atom. The summed E-state index contributed by atoms with van der Waals surface area (Å²) in [4.78, 5) is 14.3. The van der Waals surface area contributed by atoms with Crippen molar-refractivity contribution in [3.8, 4) is 0 Å². The van der Waals surface area contributed by atoms with Gasteiger partial charge in [0.1, 0.15) is 0 Å². The van der Waals surface area contributed by atoms with Crippen LogP contribution in [0.25, 0.3) is 0 Å². The first-order valence-electron chi connectivity index (χ1n) is 6.85. The van der Waals surface area contributed by atoms with Crippen molar-refractivity contribution in [1.29, 1.82) is 0 Å². The van der Waals surface area contributed by atoms with E-state index in [0.29, 0.717) is 37.5 Å². The van der Waals surface area contributed by atoms with Crippen molar-refractivity contribution in [3.05, 3.63) is 0 Å². The highest BCUT2D eigenvalue weighted by atomic mass is 16.5. The fraction of sp³-hybridized carbons (Fsp3) is 0.923. The topological polar surface area (TPSA) is 41.6 Å². The Morgan fingerprint density at radius 1 is 1.41 bits per heavy atom. The van der Waals surface area contributed by atoms with Gasteiger partial charge in [-0.3, -0.25) is 4.79 Å². The van der Waals surface area contributed by atoms with Gasteiger partial charge in [0.15, 0.2) is 0 Å². The van der Waals surface area contributed by atoms with E-state index in [0.717, 1.165) is 26.1 Å². The summed E-state index contributed by atoms with van der Waals surface area (Å²) in [5.74, 6) is 1.63. The van der Waals surface area contributed by atoms with Gasteiger partial charge in [-0.25, -0.2) is 0 Å². The number of likely N-dealkylation sites (tertiary alicyclic amines) is 1. The zero-order valence-corrected chi connectivity index (χ0v) is 10.9. The summed E-state index contributed by atoms with van der Waals surface area (Å²) < 4.78 is 5.27. The summed E-state index contributed by atoms with van der Waals surface area (Å²) in [7, 11) is 0. The van der Waals surface area contributed by atoms with Crippen LogP contribution in [-0.4, -0.2) is 49.7 Å². The highest BCUT2D eigenvalue weighted by molar-refractivity contribution is 5.77. The lowest BCUT2D eigenvalue weighted by atomic mass is 9.93. The molecule has 0 aromatic heterocycles. The van der Waals surface area contributed by atoms with E-state index in [1.807, 2.05) is 6.92 Å². The molecule has 2 rings (SSSR count). The van der Waals surface area contributed by atoms with E-state index >= 15 is 0 Å². The largest absolute Gasteiger partial charge is 0.381 e. The molecular weight excluding hydrogens is 216 g/mol. The number of rotatable bonds is 5. The Morgan fingerprint density at radius 2 is 2.24 bits per heavy atom. The predicted molar refractivity (Wildman–Crippen MR) is 66.8 cm³/mol. The molecule has 0 saturated carbocycles. The minimum atomic E-state index is 0.278. The van der Waals surface area contributed by atoms with Crippen molar-refractivity contribution >= 4 is 5.91 Å². The van der Waals surface area contributed by atoms with Crippen molar-refractivity contribution in [1.82, 2.24) is 10.2 Å². The zero-order valence-electron chi connectivity index (χ0n) is 10.9. The van der Waals surface area contributed by atoms with Gasteiger partial charge in [-0.05, 0) is 25.2 Å². The van der Waals surface area contributed by atoms with E-state index in [2.05, 4.69) is 17.1 Å². The van der Waals surface area contributed by atoms with Crippen molar-refractivity contribution in [2.24, 2.45) is 11.8 Å². The molecule has 2 aliphatic heterocycles. The van der Waals surface area contributed by atoms with Crippen molar-refractivity contribution in [2.75, 3.05) is 32.8 Å². The molecule has 0 aromatic rings. The Balaban J connectivity index is 1.89. The van der Waals surface area contributed by atoms with Gasteiger partial charge in [0, 0.05) is 32.3 Å². The third-order valence-corrected chi connectivity index (χ3v) is 4.12. The number of nitrogens with zero attached hydrogens (tertiary/aromatic N) is 1. The van der Waals surface area contributed by atoms with Crippen LogP contribution < -0.4 is 5.32 Å². The van der Waals surface area contributed by atoms with E-state index in [1.165, 1.54) is 0 Å². The summed E-state index contributed by atoms with van der Waals surface area (Å²) >= 11 is 0. The van der Waals surface area contributed by atoms with Crippen LogP contribution in [-0.2, 0) is 9.53 Å². The van der Waals surface area contributed by atoms with Gasteiger partial charge in [0.25, 0.3) is 0 Å². The molecule has 3 unspecified atom stereocenters. The predicted octanol–water partition coefficient (Wildman–Crippen LogP) is 0.869. The smallest absolute Gasteiger partial charge is 0.225 e. The number of nitrogens with one attached hydrogen (secondary N) is 1. The number of fused-ring (bicyclic) bond motifs is 1.